The number of hydrogen-bond donors (Lipinski definition) is 1. The molecule has 1 atom stereocenters. The summed E-state index contributed by atoms with van der Waals surface area (Å²) >= 11 is 0. The molecule has 2 heteroatoms. The second kappa shape index (κ2) is 6.73. The van der Waals surface area contributed by atoms with Gasteiger partial charge in [-0.3, -0.25) is 0 Å². The maximum atomic E-state index is 5.98. The molecular formula is C18H29NO. The fourth-order valence-corrected chi connectivity index (χ4v) is 3.53. The summed E-state index contributed by atoms with van der Waals surface area (Å²) in [6, 6.07) is 7.26. The SMILES string of the molecule is CCNC(Cc1ccc(C)c(C)c1)C1(OC)CCCC1. The molecule has 0 aromatic heterocycles. The van der Waals surface area contributed by atoms with Crippen LogP contribution >= 0.6 is 0 Å². The molecular weight excluding hydrogens is 246 g/mol. The van der Waals surface area contributed by atoms with Crippen LogP contribution in [0.4, 0.5) is 0 Å². The van der Waals surface area contributed by atoms with E-state index in [9.17, 15) is 0 Å². The molecule has 0 heterocycles. The third-order valence-electron chi connectivity index (χ3n) is 4.95. The van der Waals surface area contributed by atoms with Crippen molar-refractivity contribution in [2.45, 2.75) is 64.5 Å². The number of rotatable bonds is 6. The molecule has 1 aliphatic rings. The van der Waals surface area contributed by atoms with Crippen LogP contribution in [0, 0.1) is 13.8 Å². The molecule has 1 fully saturated rings. The number of hydrogen-bond acceptors (Lipinski definition) is 2. The van der Waals surface area contributed by atoms with Gasteiger partial charge in [0, 0.05) is 13.2 Å². The first-order chi connectivity index (χ1) is 9.61. The van der Waals surface area contributed by atoms with Crippen LogP contribution in [0.5, 0.6) is 0 Å². The van der Waals surface area contributed by atoms with E-state index in [0.717, 1.165) is 13.0 Å². The zero-order chi connectivity index (χ0) is 14.6. The van der Waals surface area contributed by atoms with E-state index >= 15 is 0 Å². The number of aryl methyl sites for hydroxylation is 2. The van der Waals surface area contributed by atoms with E-state index in [1.54, 1.807) is 0 Å². The van der Waals surface area contributed by atoms with Crippen molar-refractivity contribution in [3.8, 4) is 0 Å². The van der Waals surface area contributed by atoms with E-state index in [0.29, 0.717) is 6.04 Å². The maximum Gasteiger partial charge on any atom is 0.0834 e. The van der Waals surface area contributed by atoms with Gasteiger partial charge in [0.05, 0.1) is 5.60 Å². The van der Waals surface area contributed by atoms with Gasteiger partial charge in [-0.1, -0.05) is 38.0 Å². The lowest BCUT2D eigenvalue weighted by Crippen LogP contribution is -2.51. The summed E-state index contributed by atoms with van der Waals surface area (Å²) in [6.07, 6.45) is 6.02. The molecule has 0 radical (unpaired) electrons. The number of nitrogens with one attached hydrogen (secondary N) is 1. The molecule has 0 saturated heterocycles. The van der Waals surface area contributed by atoms with Gasteiger partial charge in [0.2, 0.25) is 0 Å². The first kappa shape index (κ1) is 15.5. The van der Waals surface area contributed by atoms with Crippen molar-refractivity contribution in [2.24, 2.45) is 0 Å². The van der Waals surface area contributed by atoms with Crippen LogP contribution in [0.1, 0.15) is 49.3 Å². The minimum absolute atomic E-state index is 0.0365. The summed E-state index contributed by atoms with van der Waals surface area (Å²) in [4.78, 5) is 0. The molecule has 0 spiro atoms. The second-order valence-electron chi connectivity index (χ2n) is 6.21. The van der Waals surface area contributed by atoms with Crippen molar-refractivity contribution in [3.05, 3.63) is 34.9 Å². The van der Waals surface area contributed by atoms with E-state index in [2.05, 4.69) is 44.3 Å². The summed E-state index contributed by atoms with van der Waals surface area (Å²) in [5, 5.41) is 3.67. The maximum absolute atomic E-state index is 5.98. The van der Waals surface area contributed by atoms with Gasteiger partial charge in [0.15, 0.2) is 0 Å². The van der Waals surface area contributed by atoms with Gasteiger partial charge in [-0.15, -0.1) is 0 Å². The Morgan fingerprint density at radius 2 is 1.90 bits per heavy atom. The second-order valence-corrected chi connectivity index (χ2v) is 6.21. The van der Waals surface area contributed by atoms with Gasteiger partial charge in [-0.25, -0.2) is 0 Å². The van der Waals surface area contributed by atoms with E-state index in [-0.39, 0.29) is 5.60 Å². The Bertz CT molecular complexity index is 435. The molecule has 1 aliphatic carbocycles. The fourth-order valence-electron chi connectivity index (χ4n) is 3.53. The molecule has 20 heavy (non-hydrogen) atoms. The summed E-state index contributed by atoms with van der Waals surface area (Å²) in [5.74, 6) is 0. The Morgan fingerprint density at radius 3 is 2.45 bits per heavy atom. The zero-order valence-electron chi connectivity index (χ0n) is 13.5. The summed E-state index contributed by atoms with van der Waals surface area (Å²) in [5.41, 5.74) is 4.21. The van der Waals surface area contributed by atoms with Gasteiger partial charge in [0.25, 0.3) is 0 Å². The molecule has 1 unspecified atom stereocenters. The van der Waals surface area contributed by atoms with E-state index < -0.39 is 0 Å². The van der Waals surface area contributed by atoms with Crippen LogP contribution < -0.4 is 5.32 Å². The average molecular weight is 275 g/mol. The smallest absolute Gasteiger partial charge is 0.0834 e. The molecule has 1 saturated carbocycles. The number of likely N-dealkylation sites (N-methyl/N-ethyl adjacent to an activating group) is 1. The standard InChI is InChI=1S/C18H29NO/c1-5-19-17(18(20-4)10-6-7-11-18)13-16-9-8-14(2)15(3)12-16/h8-9,12,17,19H,5-7,10-11,13H2,1-4H3. The highest BCUT2D eigenvalue weighted by atomic mass is 16.5. The Hall–Kier alpha value is -0.860. The lowest BCUT2D eigenvalue weighted by Gasteiger charge is -2.37. The fraction of sp³-hybridized carbons (Fsp3) is 0.667. The molecule has 112 valence electrons. The molecule has 1 N–H and O–H groups in total. The third-order valence-corrected chi connectivity index (χ3v) is 4.95. The van der Waals surface area contributed by atoms with Gasteiger partial charge < -0.3 is 10.1 Å². The Labute approximate surface area is 123 Å². The van der Waals surface area contributed by atoms with Crippen LogP contribution in [-0.2, 0) is 11.2 Å². The minimum atomic E-state index is 0.0365. The highest BCUT2D eigenvalue weighted by Gasteiger charge is 2.41. The lowest BCUT2D eigenvalue weighted by atomic mass is 9.86. The highest BCUT2D eigenvalue weighted by Crippen LogP contribution is 2.37. The van der Waals surface area contributed by atoms with Crippen molar-refractivity contribution >= 4 is 0 Å². The molecule has 2 rings (SSSR count). The molecule has 1 aromatic carbocycles. The monoisotopic (exact) mass is 275 g/mol. The molecule has 1 aromatic rings. The van der Waals surface area contributed by atoms with Crippen molar-refractivity contribution in [1.29, 1.82) is 0 Å². The lowest BCUT2D eigenvalue weighted by molar-refractivity contribution is -0.0351. The number of methoxy groups -OCH3 is 1. The van der Waals surface area contributed by atoms with Crippen LogP contribution in [0.25, 0.3) is 0 Å². The van der Waals surface area contributed by atoms with Crippen LogP contribution in [0.3, 0.4) is 0 Å². The quantitative estimate of drug-likeness (QED) is 0.853. The van der Waals surface area contributed by atoms with Crippen LogP contribution in [0.2, 0.25) is 0 Å². The van der Waals surface area contributed by atoms with Crippen molar-refractivity contribution in [3.63, 3.8) is 0 Å². The van der Waals surface area contributed by atoms with E-state index in [4.69, 9.17) is 4.74 Å². The largest absolute Gasteiger partial charge is 0.377 e. The molecule has 0 aliphatic heterocycles. The van der Waals surface area contributed by atoms with Gasteiger partial charge >= 0.3 is 0 Å². The van der Waals surface area contributed by atoms with Crippen LogP contribution in [-0.4, -0.2) is 25.3 Å². The first-order valence-electron chi connectivity index (χ1n) is 7.96. The molecule has 0 bridgehead atoms. The van der Waals surface area contributed by atoms with Crippen molar-refractivity contribution in [2.75, 3.05) is 13.7 Å². The normalized spacial score (nSPS) is 19.2. The van der Waals surface area contributed by atoms with Gasteiger partial charge in [-0.2, -0.15) is 0 Å². The summed E-state index contributed by atoms with van der Waals surface area (Å²) in [6.45, 7) is 7.56. The zero-order valence-corrected chi connectivity index (χ0v) is 13.5. The Morgan fingerprint density at radius 1 is 1.20 bits per heavy atom. The molecule has 2 nitrogen and oxygen atoms in total. The summed E-state index contributed by atoms with van der Waals surface area (Å²) in [7, 11) is 1.88. The third kappa shape index (κ3) is 3.24. The predicted octanol–water partition coefficient (Wildman–Crippen LogP) is 3.78. The Balaban J connectivity index is 2.18. The van der Waals surface area contributed by atoms with Crippen molar-refractivity contribution < 1.29 is 4.74 Å². The topological polar surface area (TPSA) is 21.3 Å². The minimum Gasteiger partial charge on any atom is -0.377 e. The average Bonchev–Trinajstić information content (AvgIpc) is 2.92. The first-order valence-corrected chi connectivity index (χ1v) is 7.96. The van der Waals surface area contributed by atoms with Crippen LogP contribution in [0.15, 0.2) is 18.2 Å². The highest BCUT2D eigenvalue weighted by molar-refractivity contribution is 5.30. The predicted molar refractivity (Wildman–Crippen MR) is 85.3 cm³/mol. The van der Waals surface area contributed by atoms with E-state index in [1.807, 2.05) is 7.11 Å². The van der Waals surface area contributed by atoms with Crippen molar-refractivity contribution in [1.82, 2.24) is 5.32 Å². The van der Waals surface area contributed by atoms with E-state index in [1.165, 1.54) is 42.4 Å². The number of ether oxygens (including phenoxy) is 1. The summed E-state index contributed by atoms with van der Waals surface area (Å²) < 4.78 is 5.98. The van der Waals surface area contributed by atoms with Gasteiger partial charge in [0.1, 0.15) is 0 Å². The van der Waals surface area contributed by atoms with Gasteiger partial charge in [-0.05, 0) is 56.3 Å². The molecule has 0 amide bonds. The number of benzene rings is 1. The Kier molecular flexibility index (Phi) is 5.22.